The van der Waals surface area contributed by atoms with E-state index in [0.717, 1.165) is 44.9 Å². The molecule has 0 aromatic heterocycles. The first-order chi connectivity index (χ1) is 15.1. The van der Waals surface area contributed by atoms with Gasteiger partial charge in [0, 0.05) is 25.7 Å². The summed E-state index contributed by atoms with van der Waals surface area (Å²) in [5.41, 5.74) is 1.43. The molecule has 4 aliphatic rings. The van der Waals surface area contributed by atoms with Crippen LogP contribution in [-0.2, 0) is 23.9 Å². The summed E-state index contributed by atoms with van der Waals surface area (Å²) in [5.74, 6) is 1.92. The van der Waals surface area contributed by atoms with Crippen LogP contribution in [0.4, 0.5) is 0 Å². The van der Waals surface area contributed by atoms with E-state index in [1.807, 2.05) is 6.08 Å². The van der Waals surface area contributed by atoms with Gasteiger partial charge in [-0.1, -0.05) is 26.3 Å². The molecule has 3 saturated carbocycles. The van der Waals surface area contributed by atoms with Gasteiger partial charge in [0.15, 0.2) is 5.78 Å². The van der Waals surface area contributed by atoms with E-state index in [4.69, 9.17) is 9.47 Å². The molecule has 5 heteroatoms. The molecule has 0 aromatic carbocycles. The largest absolute Gasteiger partial charge is 0.469 e. The molecule has 0 heterocycles. The van der Waals surface area contributed by atoms with Crippen molar-refractivity contribution in [2.75, 3.05) is 7.11 Å². The maximum absolute atomic E-state index is 13.5. The smallest absolute Gasteiger partial charge is 0.305 e. The van der Waals surface area contributed by atoms with Gasteiger partial charge in [-0.3, -0.25) is 14.4 Å². The SMILES string of the molecule is COC(=O)CC[C@@H](C)[C@@H]1CC[C@@H]2[C@H]3C(=O)C=C4C[C@@H](OC(C)=O)CC[C@]4(C)[C@@H]3CC[C@@]21C. The van der Waals surface area contributed by atoms with Crippen LogP contribution in [0, 0.1) is 40.4 Å². The second-order valence-electron chi connectivity index (χ2n) is 11.5. The fourth-order valence-corrected chi connectivity index (χ4v) is 8.33. The van der Waals surface area contributed by atoms with E-state index in [1.165, 1.54) is 19.6 Å². The minimum atomic E-state index is -0.231. The fourth-order valence-electron chi connectivity index (χ4n) is 8.33. The molecule has 5 nitrogen and oxygen atoms in total. The van der Waals surface area contributed by atoms with Crippen LogP contribution in [-0.4, -0.2) is 30.9 Å². The van der Waals surface area contributed by atoms with E-state index in [9.17, 15) is 14.4 Å². The quantitative estimate of drug-likeness (QED) is 0.541. The summed E-state index contributed by atoms with van der Waals surface area (Å²) in [6, 6.07) is 0. The Morgan fingerprint density at radius 2 is 1.88 bits per heavy atom. The molecule has 0 saturated heterocycles. The lowest BCUT2D eigenvalue weighted by molar-refractivity contribution is -0.149. The Hall–Kier alpha value is -1.65. The molecule has 0 amide bonds. The molecule has 3 fully saturated rings. The van der Waals surface area contributed by atoms with Crippen molar-refractivity contribution in [1.82, 2.24) is 0 Å². The summed E-state index contributed by atoms with van der Waals surface area (Å²) >= 11 is 0. The van der Waals surface area contributed by atoms with Crippen molar-refractivity contribution >= 4 is 17.7 Å². The third-order valence-corrected chi connectivity index (χ3v) is 10.0. The Balaban J connectivity index is 1.54. The first-order valence-corrected chi connectivity index (χ1v) is 12.6. The Kier molecular flexibility index (Phi) is 6.32. The summed E-state index contributed by atoms with van der Waals surface area (Å²) in [5, 5.41) is 0. The Bertz CT molecular complexity index is 815. The number of esters is 2. The van der Waals surface area contributed by atoms with Crippen LogP contribution in [0.2, 0.25) is 0 Å². The molecule has 0 spiro atoms. The predicted octanol–water partition coefficient (Wildman–Crippen LogP) is 5.27. The molecule has 0 N–H and O–H groups in total. The molecule has 32 heavy (non-hydrogen) atoms. The molecule has 0 radical (unpaired) electrons. The Morgan fingerprint density at radius 1 is 1.12 bits per heavy atom. The molecule has 4 aliphatic carbocycles. The number of ether oxygens (including phenoxy) is 2. The highest BCUT2D eigenvalue weighted by Crippen LogP contribution is 2.66. The van der Waals surface area contributed by atoms with Crippen molar-refractivity contribution < 1.29 is 23.9 Å². The number of ketones is 1. The highest BCUT2D eigenvalue weighted by Gasteiger charge is 2.61. The lowest BCUT2D eigenvalue weighted by atomic mass is 9.46. The Morgan fingerprint density at radius 3 is 2.56 bits per heavy atom. The van der Waals surface area contributed by atoms with E-state index >= 15 is 0 Å². The van der Waals surface area contributed by atoms with Crippen molar-refractivity contribution in [2.45, 2.75) is 91.6 Å². The van der Waals surface area contributed by atoms with Crippen molar-refractivity contribution in [3.63, 3.8) is 0 Å². The summed E-state index contributed by atoms with van der Waals surface area (Å²) in [4.78, 5) is 36.7. The van der Waals surface area contributed by atoms with Gasteiger partial charge in [-0.2, -0.15) is 0 Å². The van der Waals surface area contributed by atoms with Crippen molar-refractivity contribution in [2.24, 2.45) is 40.4 Å². The second-order valence-corrected chi connectivity index (χ2v) is 11.5. The van der Waals surface area contributed by atoms with Crippen LogP contribution in [0.3, 0.4) is 0 Å². The number of rotatable bonds is 5. The fraction of sp³-hybridized carbons (Fsp3) is 0.815. The second kappa shape index (κ2) is 8.61. The number of carbonyl (C=O) groups is 3. The first-order valence-electron chi connectivity index (χ1n) is 12.6. The van der Waals surface area contributed by atoms with Gasteiger partial charge >= 0.3 is 11.9 Å². The summed E-state index contributed by atoms with van der Waals surface area (Å²) < 4.78 is 10.4. The maximum atomic E-state index is 13.5. The average molecular weight is 445 g/mol. The molecule has 0 unspecified atom stereocenters. The van der Waals surface area contributed by atoms with Gasteiger partial charge in [0.05, 0.1) is 7.11 Å². The maximum Gasteiger partial charge on any atom is 0.305 e. The first kappa shape index (κ1) is 23.5. The molecule has 0 aliphatic heterocycles. The van der Waals surface area contributed by atoms with E-state index in [1.54, 1.807) is 0 Å². The molecular weight excluding hydrogens is 404 g/mol. The number of hydrogen-bond donors (Lipinski definition) is 0. The zero-order chi connectivity index (χ0) is 23.3. The van der Waals surface area contributed by atoms with Crippen LogP contribution >= 0.6 is 0 Å². The van der Waals surface area contributed by atoms with Crippen LogP contribution in [0.1, 0.15) is 85.5 Å². The molecule has 8 atom stereocenters. The van der Waals surface area contributed by atoms with Crippen LogP contribution in [0.15, 0.2) is 11.6 Å². The number of allylic oxidation sites excluding steroid dienone is 1. The van der Waals surface area contributed by atoms with E-state index in [2.05, 4.69) is 20.8 Å². The van der Waals surface area contributed by atoms with Gasteiger partial charge in [0.2, 0.25) is 0 Å². The van der Waals surface area contributed by atoms with Gasteiger partial charge in [-0.05, 0) is 85.5 Å². The van der Waals surface area contributed by atoms with Gasteiger partial charge in [-0.25, -0.2) is 0 Å². The number of carbonyl (C=O) groups excluding carboxylic acids is 3. The molecule has 0 bridgehead atoms. The van der Waals surface area contributed by atoms with E-state index < -0.39 is 0 Å². The summed E-state index contributed by atoms with van der Waals surface area (Å²) in [6.45, 7) is 8.54. The van der Waals surface area contributed by atoms with Gasteiger partial charge in [0.1, 0.15) is 6.10 Å². The molecule has 0 aromatic rings. The lowest BCUT2D eigenvalue weighted by Crippen LogP contribution is -2.53. The van der Waals surface area contributed by atoms with E-state index in [0.29, 0.717) is 42.3 Å². The lowest BCUT2D eigenvalue weighted by Gasteiger charge is -2.57. The highest BCUT2D eigenvalue weighted by atomic mass is 16.5. The number of hydrogen-bond acceptors (Lipinski definition) is 5. The monoisotopic (exact) mass is 444 g/mol. The summed E-state index contributed by atoms with van der Waals surface area (Å²) in [6.07, 6.45) is 10.3. The zero-order valence-electron chi connectivity index (χ0n) is 20.4. The molecule has 178 valence electrons. The number of methoxy groups -OCH3 is 1. The molecule has 4 rings (SSSR count). The standard InChI is InChI=1S/C27H40O5/c1-16(6-9-24(30)31-5)20-7-8-21-25-22(11-13-27(20,21)4)26(3)12-10-19(32-17(2)28)14-18(26)15-23(25)29/h15-16,19-22,25H,6-14H2,1-5H3/t16-,19+,20+,21-,22-,25-,26+,27-/m1/s1. The van der Waals surface area contributed by atoms with Crippen LogP contribution in [0.25, 0.3) is 0 Å². The third kappa shape index (κ3) is 3.84. The minimum absolute atomic E-state index is 0.0468. The van der Waals surface area contributed by atoms with Crippen LogP contribution < -0.4 is 0 Å². The number of fused-ring (bicyclic) bond motifs is 5. The Labute approximate surface area is 192 Å². The van der Waals surface area contributed by atoms with Gasteiger partial charge in [0.25, 0.3) is 0 Å². The zero-order valence-corrected chi connectivity index (χ0v) is 20.4. The molecular formula is C27H40O5. The van der Waals surface area contributed by atoms with Crippen molar-refractivity contribution in [3.05, 3.63) is 11.6 Å². The van der Waals surface area contributed by atoms with Crippen LogP contribution in [0.5, 0.6) is 0 Å². The predicted molar refractivity (Wildman–Crippen MR) is 122 cm³/mol. The average Bonchev–Trinajstić information content (AvgIpc) is 3.09. The summed E-state index contributed by atoms with van der Waals surface area (Å²) in [7, 11) is 1.46. The minimum Gasteiger partial charge on any atom is -0.469 e. The third-order valence-electron chi connectivity index (χ3n) is 10.0. The van der Waals surface area contributed by atoms with Gasteiger partial charge < -0.3 is 9.47 Å². The van der Waals surface area contributed by atoms with Crippen molar-refractivity contribution in [1.29, 1.82) is 0 Å². The topological polar surface area (TPSA) is 69.7 Å². The highest BCUT2D eigenvalue weighted by molar-refractivity contribution is 5.94. The van der Waals surface area contributed by atoms with Gasteiger partial charge in [-0.15, -0.1) is 0 Å². The van der Waals surface area contributed by atoms with E-state index in [-0.39, 0.29) is 34.8 Å². The normalized spacial score (nSPS) is 41.6. The van der Waals surface area contributed by atoms with Crippen molar-refractivity contribution in [3.8, 4) is 0 Å².